The van der Waals surface area contributed by atoms with Gasteiger partial charge in [0.05, 0.1) is 12.5 Å². The van der Waals surface area contributed by atoms with Gasteiger partial charge in [0.1, 0.15) is 5.75 Å². The van der Waals surface area contributed by atoms with Crippen molar-refractivity contribution in [3.63, 3.8) is 0 Å². The van der Waals surface area contributed by atoms with E-state index in [-0.39, 0.29) is 30.2 Å². The second-order valence-electron chi connectivity index (χ2n) is 9.34. The zero-order valence-electron chi connectivity index (χ0n) is 18.7. The standard InChI is InChI=1S/C25H31N3O2.2ClH/c1-27-13-20-14-28(15-22(20)23(27)19-8-10-21(30-2)11-9-19)24(29)25(16-26-17-25)12-18-6-4-3-5-7-18;;/h3-11,20,22-23,26H,12-17H2,1-2H3;2*1H/t20-,22+,23-;;/m0../s1. The van der Waals surface area contributed by atoms with Gasteiger partial charge in [0.2, 0.25) is 5.91 Å². The highest BCUT2D eigenvalue weighted by Gasteiger charge is 2.52. The minimum Gasteiger partial charge on any atom is -0.497 e. The van der Waals surface area contributed by atoms with Crippen molar-refractivity contribution >= 4 is 30.7 Å². The second-order valence-corrected chi connectivity index (χ2v) is 9.34. The number of likely N-dealkylation sites (tertiary alicyclic amines) is 2. The summed E-state index contributed by atoms with van der Waals surface area (Å²) in [6, 6.07) is 19.3. The van der Waals surface area contributed by atoms with Crippen LogP contribution in [0, 0.1) is 17.3 Å². The zero-order chi connectivity index (χ0) is 20.7. The van der Waals surface area contributed by atoms with Gasteiger partial charge in [-0.3, -0.25) is 9.69 Å². The molecular formula is C25H33Cl2N3O2. The quantitative estimate of drug-likeness (QED) is 0.716. The van der Waals surface area contributed by atoms with Gasteiger partial charge in [-0.1, -0.05) is 42.5 Å². The lowest BCUT2D eigenvalue weighted by Crippen LogP contribution is -2.63. The molecule has 0 saturated carbocycles. The highest BCUT2D eigenvalue weighted by molar-refractivity contribution is 5.86. The molecule has 1 N–H and O–H groups in total. The Bertz CT molecular complexity index is 905. The zero-order valence-corrected chi connectivity index (χ0v) is 20.3. The van der Waals surface area contributed by atoms with Gasteiger partial charge in [0.15, 0.2) is 0 Å². The summed E-state index contributed by atoms with van der Waals surface area (Å²) in [7, 11) is 3.92. The third kappa shape index (κ3) is 4.36. The van der Waals surface area contributed by atoms with Crippen molar-refractivity contribution in [2.24, 2.45) is 17.3 Å². The Morgan fingerprint density at radius 2 is 1.72 bits per heavy atom. The van der Waals surface area contributed by atoms with E-state index in [4.69, 9.17) is 4.74 Å². The van der Waals surface area contributed by atoms with Crippen LogP contribution in [0.25, 0.3) is 0 Å². The van der Waals surface area contributed by atoms with Gasteiger partial charge >= 0.3 is 0 Å². The van der Waals surface area contributed by atoms with Gasteiger partial charge < -0.3 is 15.0 Å². The van der Waals surface area contributed by atoms with Crippen molar-refractivity contribution in [2.45, 2.75) is 12.5 Å². The largest absolute Gasteiger partial charge is 0.497 e. The van der Waals surface area contributed by atoms with E-state index in [2.05, 4.69) is 58.6 Å². The molecule has 174 valence electrons. The summed E-state index contributed by atoms with van der Waals surface area (Å²) in [6.45, 7) is 4.37. The number of ether oxygens (including phenoxy) is 1. The summed E-state index contributed by atoms with van der Waals surface area (Å²) >= 11 is 0. The minimum atomic E-state index is -0.276. The fourth-order valence-electron chi connectivity index (χ4n) is 5.83. The van der Waals surface area contributed by atoms with E-state index >= 15 is 0 Å². The molecule has 2 aromatic carbocycles. The molecule has 0 aliphatic carbocycles. The van der Waals surface area contributed by atoms with Gasteiger partial charge in [-0.2, -0.15) is 0 Å². The van der Waals surface area contributed by atoms with Crippen LogP contribution in [-0.2, 0) is 11.2 Å². The maximum atomic E-state index is 13.6. The number of halogens is 2. The van der Waals surface area contributed by atoms with Gasteiger partial charge in [-0.15, -0.1) is 24.8 Å². The molecule has 7 heteroatoms. The summed E-state index contributed by atoms with van der Waals surface area (Å²) in [5.41, 5.74) is 2.30. The third-order valence-electron chi connectivity index (χ3n) is 7.40. The molecule has 3 aliphatic rings. The van der Waals surface area contributed by atoms with E-state index in [9.17, 15) is 4.79 Å². The first-order chi connectivity index (χ1) is 14.6. The van der Waals surface area contributed by atoms with Crippen molar-refractivity contribution in [3.05, 3.63) is 65.7 Å². The van der Waals surface area contributed by atoms with Gasteiger partial charge in [0.25, 0.3) is 0 Å². The molecule has 3 heterocycles. The second kappa shape index (κ2) is 10.0. The molecule has 0 spiro atoms. The Balaban J connectivity index is 0.00000144. The lowest BCUT2D eigenvalue weighted by Gasteiger charge is -2.44. The Morgan fingerprint density at radius 3 is 2.31 bits per heavy atom. The Hall–Kier alpha value is -1.79. The molecular weight excluding hydrogens is 445 g/mol. The molecule has 32 heavy (non-hydrogen) atoms. The number of nitrogens with one attached hydrogen (secondary N) is 1. The SMILES string of the molecule is COc1ccc([C@H]2[C@@H]3CN(C(=O)C4(Cc5ccccc5)CNC4)C[C@@H]3CN2C)cc1.Cl.Cl. The minimum absolute atomic E-state index is 0. The highest BCUT2D eigenvalue weighted by atomic mass is 35.5. The summed E-state index contributed by atoms with van der Waals surface area (Å²) < 4.78 is 5.33. The fourth-order valence-corrected chi connectivity index (χ4v) is 5.83. The number of benzene rings is 2. The number of carbonyl (C=O) groups excluding carboxylic acids is 1. The van der Waals surface area contributed by atoms with Crippen molar-refractivity contribution < 1.29 is 9.53 Å². The molecule has 0 radical (unpaired) electrons. The normalized spacial score (nSPS) is 25.8. The maximum absolute atomic E-state index is 13.6. The van der Waals surface area contributed by atoms with Crippen molar-refractivity contribution in [1.29, 1.82) is 0 Å². The molecule has 1 amide bonds. The van der Waals surface area contributed by atoms with Crippen LogP contribution in [-0.4, -0.2) is 62.6 Å². The van der Waals surface area contributed by atoms with E-state index in [1.54, 1.807) is 7.11 Å². The van der Waals surface area contributed by atoms with E-state index in [0.717, 1.165) is 44.9 Å². The molecule has 0 aromatic heterocycles. The van der Waals surface area contributed by atoms with E-state index < -0.39 is 0 Å². The number of methoxy groups -OCH3 is 1. The molecule has 3 aliphatic heterocycles. The van der Waals surface area contributed by atoms with Crippen LogP contribution in [0.1, 0.15) is 17.2 Å². The Morgan fingerprint density at radius 1 is 1.03 bits per heavy atom. The number of nitrogens with zero attached hydrogens (tertiary/aromatic N) is 2. The summed E-state index contributed by atoms with van der Waals surface area (Å²) in [4.78, 5) is 18.3. The van der Waals surface area contributed by atoms with Crippen LogP contribution >= 0.6 is 24.8 Å². The smallest absolute Gasteiger partial charge is 0.231 e. The van der Waals surface area contributed by atoms with E-state index in [1.165, 1.54) is 11.1 Å². The number of amides is 1. The first-order valence-electron chi connectivity index (χ1n) is 11.0. The molecule has 2 aromatic rings. The predicted octanol–water partition coefficient (Wildman–Crippen LogP) is 3.43. The molecule has 5 rings (SSSR count). The number of fused-ring (bicyclic) bond motifs is 1. The Labute approximate surface area is 203 Å². The van der Waals surface area contributed by atoms with Gasteiger partial charge in [-0.05, 0) is 42.6 Å². The average Bonchev–Trinajstić information content (AvgIpc) is 3.27. The molecule has 5 nitrogen and oxygen atoms in total. The van der Waals surface area contributed by atoms with Gasteiger partial charge in [-0.25, -0.2) is 0 Å². The van der Waals surface area contributed by atoms with Crippen molar-refractivity contribution in [3.8, 4) is 5.75 Å². The lowest BCUT2D eigenvalue weighted by molar-refractivity contribution is -0.144. The maximum Gasteiger partial charge on any atom is 0.231 e. The summed E-state index contributed by atoms with van der Waals surface area (Å²) in [5.74, 6) is 2.28. The van der Waals surface area contributed by atoms with Gasteiger partial charge in [0, 0.05) is 44.7 Å². The van der Waals surface area contributed by atoms with Crippen LogP contribution in [0.3, 0.4) is 0 Å². The monoisotopic (exact) mass is 477 g/mol. The first-order valence-corrected chi connectivity index (χ1v) is 11.0. The third-order valence-corrected chi connectivity index (χ3v) is 7.40. The van der Waals surface area contributed by atoms with Crippen LogP contribution < -0.4 is 10.1 Å². The molecule has 3 saturated heterocycles. The predicted molar refractivity (Wildman–Crippen MR) is 132 cm³/mol. The number of hydrogen-bond donors (Lipinski definition) is 1. The average molecular weight is 478 g/mol. The highest BCUT2D eigenvalue weighted by Crippen LogP contribution is 2.45. The van der Waals surface area contributed by atoms with Crippen molar-refractivity contribution in [2.75, 3.05) is 46.9 Å². The fraction of sp³-hybridized carbons (Fsp3) is 0.480. The van der Waals surface area contributed by atoms with E-state index in [0.29, 0.717) is 23.8 Å². The van der Waals surface area contributed by atoms with Crippen LogP contribution in [0.5, 0.6) is 5.75 Å². The number of hydrogen-bond acceptors (Lipinski definition) is 4. The number of rotatable bonds is 5. The Kier molecular flexibility index (Phi) is 7.77. The first kappa shape index (κ1) is 24.8. The number of carbonyl (C=O) groups is 1. The van der Waals surface area contributed by atoms with E-state index in [1.807, 2.05) is 18.2 Å². The topological polar surface area (TPSA) is 44.8 Å². The lowest BCUT2D eigenvalue weighted by atomic mass is 9.75. The van der Waals surface area contributed by atoms with Crippen LogP contribution in [0.2, 0.25) is 0 Å². The molecule has 0 bridgehead atoms. The summed E-state index contributed by atoms with van der Waals surface area (Å²) in [6.07, 6.45) is 0.827. The molecule has 3 atom stereocenters. The summed E-state index contributed by atoms with van der Waals surface area (Å²) in [5, 5.41) is 3.36. The van der Waals surface area contributed by atoms with Crippen LogP contribution in [0.15, 0.2) is 54.6 Å². The van der Waals surface area contributed by atoms with Crippen molar-refractivity contribution in [1.82, 2.24) is 15.1 Å². The van der Waals surface area contributed by atoms with Crippen LogP contribution in [0.4, 0.5) is 0 Å². The molecule has 0 unspecified atom stereocenters. The molecule has 3 fully saturated rings.